The van der Waals surface area contributed by atoms with Crippen LogP contribution in [0, 0.1) is 0 Å². The second-order valence-electron chi connectivity index (χ2n) is 10.9. The summed E-state index contributed by atoms with van der Waals surface area (Å²) in [7, 11) is 1.35. The number of carboxylic acid groups (broad SMARTS) is 1. The van der Waals surface area contributed by atoms with E-state index in [9.17, 15) is 14.7 Å². The lowest BCUT2D eigenvalue weighted by atomic mass is 9.94. The molecule has 0 unspecified atom stereocenters. The van der Waals surface area contributed by atoms with Crippen molar-refractivity contribution in [1.29, 1.82) is 0 Å². The molecule has 0 atom stereocenters. The van der Waals surface area contributed by atoms with E-state index < -0.39 is 11.9 Å². The molecule has 3 aromatic carbocycles. The molecule has 1 N–H and O–H groups in total. The number of aliphatic carboxylic acids is 1. The molecule has 0 amide bonds. The molecule has 7 nitrogen and oxygen atoms in total. The molecular weight excluding hydrogens is 520 g/mol. The van der Waals surface area contributed by atoms with Gasteiger partial charge in [-0.25, -0.2) is 4.79 Å². The Kier molecular flexibility index (Phi) is 9.44. The lowest BCUT2D eigenvalue weighted by Gasteiger charge is -2.21. The van der Waals surface area contributed by atoms with E-state index in [1.165, 1.54) is 32.8 Å². The molecule has 2 aliphatic rings. The SMILES string of the molecule is COC(=O)c1cccc(-c2c(CCC(=O)O)cccc2OCc2ccc(OC3CCCC3)c(OC3CCCC3)c2)c1. The van der Waals surface area contributed by atoms with E-state index in [2.05, 4.69) is 0 Å². The first-order chi connectivity index (χ1) is 20.0. The third-order valence-corrected chi connectivity index (χ3v) is 7.89. The Bertz CT molecular complexity index is 1350. The second-order valence-corrected chi connectivity index (χ2v) is 10.9. The number of aryl methyl sites for hydroxylation is 1. The molecule has 216 valence electrons. The molecular formula is C34H38O7. The maximum absolute atomic E-state index is 12.2. The van der Waals surface area contributed by atoms with Gasteiger partial charge in [-0.1, -0.05) is 30.3 Å². The molecule has 0 radical (unpaired) electrons. The van der Waals surface area contributed by atoms with Crippen molar-refractivity contribution in [3.05, 3.63) is 77.4 Å². The van der Waals surface area contributed by atoms with Gasteiger partial charge in [0, 0.05) is 12.0 Å². The maximum Gasteiger partial charge on any atom is 0.337 e. The maximum atomic E-state index is 12.2. The Balaban J connectivity index is 1.42. The summed E-state index contributed by atoms with van der Waals surface area (Å²) in [5, 5.41) is 9.33. The highest BCUT2D eigenvalue weighted by Crippen LogP contribution is 2.38. The largest absolute Gasteiger partial charge is 0.488 e. The molecule has 41 heavy (non-hydrogen) atoms. The number of hydrogen-bond donors (Lipinski definition) is 1. The first-order valence-electron chi connectivity index (χ1n) is 14.6. The fourth-order valence-corrected chi connectivity index (χ4v) is 5.76. The lowest BCUT2D eigenvalue weighted by molar-refractivity contribution is -0.136. The zero-order valence-electron chi connectivity index (χ0n) is 23.6. The Morgan fingerprint density at radius 3 is 2.17 bits per heavy atom. The Labute approximate surface area is 241 Å². The summed E-state index contributed by atoms with van der Waals surface area (Å²) in [5.74, 6) is 0.862. The van der Waals surface area contributed by atoms with Crippen LogP contribution in [0.15, 0.2) is 60.7 Å². The smallest absolute Gasteiger partial charge is 0.337 e. The minimum Gasteiger partial charge on any atom is -0.488 e. The number of hydrogen-bond acceptors (Lipinski definition) is 6. The van der Waals surface area contributed by atoms with Crippen molar-refractivity contribution in [3.8, 4) is 28.4 Å². The van der Waals surface area contributed by atoms with Gasteiger partial charge in [0.1, 0.15) is 12.4 Å². The van der Waals surface area contributed by atoms with Crippen LogP contribution in [0.4, 0.5) is 0 Å². The number of carboxylic acids is 1. The average Bonchev–Trinajstić information content (AvgIpc) is 3.70. The molecule has 0 spiro atoms. The summed E-state index contributed by atoms with van der Waals surface area (Å²) >= 11 is 0. The summed E-state index contributed by atoms with van der Waals surface area (Å²) in [4.78, 5) is 23.6. The van der Waals surface area contributed by atoms with Gasteiger partial charge in [0.25, 0.3) is 0 Å². The number of carbonyl (C=O) groups is 2. The van der Waals surface area contributed by atoms with E-state index in [0.29, 0.717) is 17.7 Å². The van der Waals surface area contributed by atoms with Crippen LogP contribution in [0.25, 0.3) is 11.1 Å². The third-order valence-electron chi connectivity index (χ3n) is 7.89. The minimum atomic E-state index is -0.875. The van der Waals surface area contributed by atoms with Crippen molar-refractivity contribution in [3.63, 3.8) is 0 Å². The van der Waals surface area contributed by atoms with Crippen LogP contribution < -0.4 is 14.2 Å². The predicted molar refractivity (Wildman–Crippen MR) is 156 cm³/mol. The summed E-state index contributed by atoms with van der Waals surface area (Å²) < 4.78 is 24.1. The van der Waals surface area contributed by atoms with Gasteiger partial charge in [-0.2, -0.15) is 0 Å². The van der Waals surface area contributed by atoms with Crippen molar-refractivity contribution in [2.24, 2.45) is 0 Å². The second kappa shape index (κ2) is 13.6. The van der Waals surface area contributed by atoms with Crippen molar-refractivity contribution < 1.29 is 33.6 Å². The molecule has 0 aromatic heterocycles. The topological polar surface area (TPSA) is 91.3 Å². The van der Waals surface area contributed by atoms with Gasteiger partial charge in [-0.05, 0) is 105 Å². The van der Waals surface area contributed by atoms with Crippen LogP contribution >= 0.6 is 0 Å². The number of methoxy groups -OCH3 is 1. The first kappa shape index (κ1) is 28.5. The minimum absolute atomic E-state index is 0.0164. The van der Waals surface area contributed by atoms with E-state index in [1.54, 1.807) is 18.2 Å². The summed E-state index contributed by atoms with van der Waals surface area (Å²) in [5.41, 5.74) is 3.72. The molecule has 2 saturated carbocycles. The Morgan fingerprint density at radius 1 is 0.805 bits per heavy atom. The van der Waals surface area contributed by atoms with Gasteiger partial charge in [0.05, 0.1) is 24.9 Å². The summed E-state index contributed by atoms with van der Waals surface area (Å²) in [6.45, 7) is 0.289. The van der Waals surface area contributed by atoms with Crippen molar-refractivity contribution in [2.75, 3.05) is 7.11 Å². The first-order valence-corrected chi connectivity index (χ1v) is 14.6. The fraction of sp³-hybridized carbons (Fsp3) is 0.412. The molecule has 2 fully saturated rings. The van der Waals surface area contributed by atoms with E-state index in [1.807, 2.05) is 42.5 Å². The lowest BCUT2D eigenvalue weighted by Crippen LogP contribution is -2.15. The van der Waals surface area contributed by atoms with Gasteiger partial charge >= 0.3 is 11.9 Å². The highest BCUT2D eigenvalue weighted by Gasteiger charge is 2.23. The number of ether oxygens (including phenoxy) is 4. The monoisotopic (exact) mass is 558 g/mol. The summed E-state index contributed by atoms with van der Waals surface area (Å²) in [6, 6.07) is 18.8. The summed E-state index contributed by atoms with van der Waals surface area (Å²) in [6.07, 6.45) is 9.79. The van der Waals surface area contributed by atoms with Crippen molar-refractivity contribution >= 4 is 11.9 Å². The van der Waals surface area contributed by atoms with E-state index >= 15 is 0 Å². The van der Waals surface area contributed by atoms with Crippen LogP contribution in [0.3, 0.4) is 0 Å². The van der Waals surface area contributed by atoms with Crippen LogP contribution in [0.1, 0.15) is 79.3 Å². The van der Waals surface area contributed by atoms with E-state index in [0.717, 1.165) is 59.4 Å². The molecule has 3 aromatic rings. The van der Waals surface area contributed by atoms with Crippen LogP contribution in [0.2, 0.25) is 0 Å². The number of benzene rings is 3. The quantitative estimate of drug-likeness (QED) is 0.232. The Hall–Kier alpha value is -4.00. The van der Waals surface area contributed by atoms with E-state index in [-0.39, 0.29) is 25.2 Å². The number of esters is 1. The molecule has 0 heterocycles. The average molecular weight is 559 g/mol. The number of rotatable bonds is 12. The van der Waals surface area contributed by atoms with Gasteiger partial charge in [-0.3, -0.25) is 4.79 Å². The van der Waals surface area contributed by atoms with Gasteiger partial charge in [0.2, 0.25) is 0 Å². The standard InChI is InChI=1S/C34H38O7/c1-38-34(37)26-10-6-9-25(21-26)33-24(17-19-32(35)36)8-7-15-30(33)39-22-23-16-18-29(40-27-11-2-3-12-27)31(20-23)41-28-13-4-5-14-28/h6-10,15-16,18,20-21,27-28H,2-5,11-14,17,19,22H2,1H3,(H,35,36). The Morgan fingerprint density at radius 2 is 1.49 bits per heavy atom. The molecule has 2 aliphatic carbocycles. The van der Waals surface area contributed by atoms with Gasteiger partial charge < -0.3 is 24.1 Å². The van der Waals surface area contributed by atoms with Crippen LogP contribution in [-0.2, 0) is 22.6 Å². The normalized spacial score (nSPS) is 15.5. The van der Waals surface area contributed by atoms with Crippen molar-refractivity contribution in [2.45, 2.75) is 83.0 Å². The highest BCUT2D eigenvalue weighted by molar-refractivity contribution is 5.91. The molecule has 0 bridgehead atoms. The highest BCUT2D eigenvalue weighted by atomic mass is 16.5. The van der Waals surface area contributed by atoms with Crippen LogP contribution in [-0.4, -0.2) is 36.4 Å². The molecule has 5 rings (SSSR count). The number of carbonyl (C=O) groups excluding carboxylic acids is 1. The van der Waals surface area contributed by atoms with Gasteiger partial charge in [-0.15, -0.1) is 0 Å². The third kappa shape index (κ3) is 7.40. The fourth-order valence-electron chi connectivity index (χ4n) is 5.76. The van der Waals surface area contributed by atoms with Crippen molar-refractivity contribution in [1.82, 2.24) is 0 Å². The molecule has 7 heteroatoms. The van der Waals surface area contributed by atoms with Gasteiger partial charge in [0.15, 0.2) is 11.5 Å². The molecule has 0 aliphatic heterocycles. The molecule has 0 saturated heterocycles. The van der Waals surface area contributed by atoms with Crippen LogP contribution in [0.5, 0.6) is 17.2 Å². The zero-order valence-corrected chi connectivity index (χ0v) is 23.6. The van der Waals surface area contributed by atoms with E-state index in [4.69, 9.17) is 18.9 Å². The predicted octanol–water partition coefficient (Wildman–Crippen LogP) is 7.38. The zero-order chi connectivity index (χ0) is 28.6.